The molecule has 1 N–H and O–H groups in total. The van der Waals surface area contributed by atoms with Crippen LogP contribution in [0.5, 0.6) is 5.75 Å². The van der Waals surface area contributed by atoms with Gasteiger partial charge in [-0.25, -0.2) is 13.4 Å². The largest absolute Gasteiger partial charge is 0.489 e. The van der Waals surface area contributed by atoms with Gasteiger partial charge in [-0.3, -0.25) is 0 Å². The Morgan fingerprint density at radius 3 is 2.69 bits per heavy atom. The average molecular weight is 429 g/mol. The van der Waals surface area contributed by atoms with Crippen LogP contribution in [0.3, 0.4) is 0 Å². The van der Waals surface area contributed by atoms with Crippen LogP contribution in [0, 0.1) is 6.92 Å². The number of aryl methyl sites for hydroxylation is 2. The third-order valence-corrected chi connectivity index (χ3v) is 7.15. The van der Waals surface area contributed by atoms with Crippen molar-refractivity contribution < 1.29 is 13.2 Å². The second-order valence-corrected chi connectivity index (χ2v) is 10.7. The second-order valence-electron chi connectivity index (χ2n) is 7.61. The summed E-state index contributed by atoms with van der Waals surface area (Å²) in [4.78, 5) is 9.64. The number of aliphatic imine (C=N–C) groups is 1. The highest BCUT2D eigenvalue weighted by Crippen LogP contribution is 2.39. The highest BCUT2D eigenvalue weighted by Gasteiger charge is 2.20. The third kappa shape index (κ3) is 4.07. The van der Waals surface area contributed by atoms with Crippen molar-refractivity contribution in [2.75, 3.05) is 6.26 Å². The molecular formula is C22H24N2O3S2. The molecule has 2 heterocycles. The van der Waals surface area contributed by atoms with E-state index >= 15 is 0 Å². The van der Waals surface area contributed by atoms with E-state index in [1.807, 2.05) is 20.0 Å². The summed E-state index contributed by atoms with van der Waals surface area (Å²) in [6.07, 6.45) is 4.93. The van der Waals surface area contributed by atoms with Crippen LogP contribution in [0.25, 0.3) is 10.9 Å². The molecule has 4 rings (SSSR count). The highest BCUT2D eigenvalue weighted by atomic mass is 32.2. The molecule has 2 aromatic carbocycles. The van der Waals surface area contributed by atoms with E-state index in [1.165, 1.54) is 33.2 Å². The molecule has 7 heteroatoms. The van der Waals surface area contributed by atoms with E-state index in [2.05, 4.69) is 24.0 Å². The summed E-state index contributed by atoms with van der Waals surface area (Å²) >= 11 is 1.64. The molecule has 152 valence electrons. The van der Waals surface area contributed by atoms with Gasteiger partial charge in [-0.2, -0.15) is 0 Å². The van der Waals surface area contributed by atoms with Crippen molar-refractivity contribution >= 4 is 43.2 Å². The Morgan fingerprint density at radius 1 is 1.17 bits per heavy atom. The molecule has 0 saturated carbocycles. The fraction of sp³-hybridized carbons (Fsp3) is 0.318. The molecule has 1 aliphatic heterocycles. The molecule has 3 aromatic rings. The van der Waals surface area contributed by atoms with Crippen molar-refractivity contribution in [1.82, 2.24) is 4.98 Å². The zero-order valence-electron chi connectivity index (χ0n) is 16.9. The van der Waals surface area contributed by atoms with Crippen LogP contribution in [0.2, 0.25) is 0 Å². The van der Waals surface area contributed by atoms with E-state index in [0.29, 0.717) is 11.4 Å². The summed E-state index contributed by atoms with van der Waals surface area (Å²) < 4.78 is 29.9. The van der Waals surface area contributed by atoms with Crippen molar-refractivity contribution in [3.8, 4) is 5.75 Å². The predicted octanol–water partition coefficient (Wildman–Crippen LogP) is 5.44. The van der Waals surface area contributed by atoms with Crippen LogP contribution in [-0.4, -0.2) is 30.8 Å². The number of aromatic amines is 1. The molecular weight excluding hydrogens is 404 g/mol. The molecule has 5 nitrogen and oxygen atoms in total. The van der Waals surface area contributed by atoms with Gasteiger partial charge in [-0.1, -0.05) is 17.8 Å². The van der Waals surface area contributed by atoms with Gasteiger partial charge in [0, 0.05) is 29.2 Å². The van der Waals surface area contributed by atoms with E-state index in [4.69, 9.17) is 9.73 Å². The van der Waals surface area contributed by atoms with Crippen LogP contribution in [0.1, 0.15) is 31.4 Å². The summed E-state index contributed by atoms with van der Waals surface area (Å²) in [7, 11) is -3.32. The van der Waals surface area contributed by atoms with Gasteiger partial charge in [0.15, 0.2) is 9.84 Å². The molecule has 0 unspecified atom stereocenters. The first-order chi connectivity index (χ1) is 13.7. The predicted molar refractivity (Wildman–Crippen MR) is 120 cm³/mol. The van der Waals surface area contributed by atoms with Crippen molar-refractivity contribution in [1.29, 1.82) is 0 Å². The zero-order chi connectivity index (χ0) is 20.8. The lowest BCUT2D eigenvalue weighted by Gasteiger charge is -2.19. The Bertz CT molecular complexity index is 1220. The summed E-state index contributed by atoms with van der Waals surface area (Å²) in [5.74, 6) is 0.599. The van der Waals surface area contributed by atoms with E-state index in [-0.39, 0.29) is 11.0 Å². The summed E-state index contributed by atoms with van der Waals surface area (Å²) in [6, 6.07) is 9.17. The summed E-state index contributed by atoms with van der Waals surface area (Å²) in [5, 5.41) is 2.22. The molecule has 0 atom stereocenters. The number of benzene rings is 2. The molecule has 0 spiro atoms. The van der Waals surface area contributed by atoms with Gasteiger partial charge < -0.3 is 9.72 Å². The Balaban J connectivity index is 1.73. The van der Waals surface area contributed by atoms with Crippen LogP contribution >= 0.6 is 11.8 Å². The van der Waals surface area contributed by atoms with Gasteiger partial charge in [-0.15, -0.1) is 0 Å². The fourth-order valence-corrected chi connectivity index (χ4v) is 5.22. The molecule has 0 saturated heterocycles. The first kappa shape index (κ1) is 20.0. The fourth-order valence-electron chi connectivity index (χ4n) is 3.52. The van der Waals surface area contributed by atoms with Gasteiger partial charge >= 0.3 is 0 Å². The number of hydrogen-bond donors (Lipinski definition) is 1. The molecule has 1 aromatic heterocycles. The third-order valence-electron chi connectivity index (χ3n) is 4.91. The Kier molecular flexibility index (Phi) is 5.21. The van der Waals surface area contributed by atoms with Crippen molar-refractivity contribution in [2.24, 2.45) is 4.99 Å². The zero-order valence-corrected chi connectivity index (χ0v) is 18.6. The molecule has 0 fully saturated rings. The number of thioether (sulfide) groups is 1. The first-order valence-electron chi connectivity index (χ1n) is 9.58. The minimum atomic E-state index is -3.32. The quantitative estimate of drug-likeness (QED) is 0.601. The van der Waals surface area contributed by atoms with Gasteiger partial charge in [0.05, 0.1) is 21.6 Å². The second kappa shape index (κ2) is 7.54. The van der Waals surface area contributed by atoms with E-state index in [0.717, 1.165) is 17.9 Å². The van der Waals surface area contributed by atoms with Crippen LogP contribution < -0.4 is 4.74 Å². The standard InChI is InChI=1S/C22H24N2O3S2/c1-13(2)27-19-8-5-15(29(4,25)26)11-18(19)24-21-10-7-17-20(28-21)9-6-16-14(3)12-23-22(16)17/h5-6,8-9,11-13,23H,7,10H2,1-4H3. The van der Waals surface area contributed by atoms with Crippen LogP contribution in [0.4, 0.5) is 5.69 Å². The van der Waals surface area contributed by atoms with E-state index < -0.39 is 9.84 Å². The van der Waals surface area contributed by atoms with Gasteiger partial charge in [0.2, 0.25) is 0 Å². The van der Waals surface area contributed by atoms with Crippen molar-refractivity contribution in [3.63, 3.8) is 0 Å². The van der Waals surface area contributed by atoms with Crippen LogP contribution in [0.15, 0.2) is 51.3 Å². The van der Waals surface area contributed by atoms with Gasteiger partial charge in [-0.05, 0) is 62.6 Å². The number of rotatable bonds is 4. The van der Waals surface area contributed by atoms with Gasteiger partial charge in [0.25, 0.3) is 0 Å². The normalized spacial score (nSPS) is 15.8. The Morgan fingerprint density at radius 2 is 1.97 bits per heavy atom. The number of ether oxygens (including phenoxy) is 1. The minimum absolute atomic E-state index is 0.0258. The van der Waals surface area contributed by atoms with E-state index in [9.17, 15) is 8.42 Å². The average Bonchev–Trinajstić information content (AvgIpc) is 3.03. The van der Waals surface area contributed by atoms with Crippen molar-refractivity contribution in [3.05, 3.63) is 47.7 Å². The number of aromatic nitrogens is 1. The van der Waals surface area contributed by atoms with Crippen molar-refractivity contribution in [2.45, 2.75) is 49.5 Å². The maximum absolute atomic E-state index is 12.0. The maximum atomic E-state index is 12.0. The number of fused-ring (bicyclic) bond motifs is 3. The van der Waals surface area contributed by atoms with E-state index in [1.54, 1.807) is 30.0 Å². The number of sulfone groups is 1. The number of nitrogens with one attached hydrogen (secondary N) is 1. The minimum Gasteiger partial charge on any atom is -0.489 e. The molecule has 29 heavy (non-hydrogen) atoms. The lowest BCUT2D eigenvalue weighted by Crippen LogP contribution is -2.08. The monoisotopic (exact) mass is 428 g/mol. The summed E-state index contributed by atoms with van der Waals surface area (Å²) in [6.45, 7) is 5.99. The number of nitrogens with zero attached hydrogens (tertiary/aromatic N) is 1. The lowest BCUT2D eigenvalue weighted by atomic mass is 10.0. The smallest absolute Gasteiger partial charge is 0.175 e. The Hall–Kier alpha value is -2.25. The lowest BCUT2D eigenvalue weighted by molar-refractivity contribution is 0.243. The van der Waals surface area contributed by atoms with Gasteiger partial charge in [0.1, 0.15) is 11.4 Å². The molecule has 0 radical (unpaired) electrons. The van der Waals surface area contributed by atoms with Crippen LogP contribution in [-0.2, 0) is 16.3 Å². The molecule has 0 amide bonds. The summed E-state index contributed by atoms with van der Waals surface area (Å²) in [5.41, 5.74) is 4.34. The maximum Gasteiger partial charge on any atom is 0.175 e. The first-order valence-corrected chi connectivity index (χ1v) is 12.3. The highest BCUT2D eigenvalue weighted by molar-refractivity contribution is 8.14. The SMILES string of the molecule is Cc1c[nH]c2c3c(ccc12)SC(=Nc1cc(S(C)(=O)=O)ccc1OC(C)C)CC3. The number of hydrogen-bond acceptors (Lipinski definition) is 5. The molecule has 1 aliphatic rings. The molecule has 0 bridgehead atoms. The topological polar surface area (TPSA) is 71.5 Å². The Labute approximate surface area is 175 Å². The number of H-pyrrole nitrogens is 1. The molecule has 0 aliphatic carbocycles.